The van der Waals surface area contributed by atoms with E-state index in [2.05, 4.69) is 10.3 Å². The third-order valence-electron chi connectivity index (χ3n) is 5.81. The first-order chi connectivity index (χ1) is 16.8. The van der Waals surface area contributed by atoms with E-state index in [1.54, 1.807) is 42.3 Å². The second-order valence-electron chi connectivity index (χ2n) is 8.81. The number of benzene rings is 2. The molecule has 0 spiro atoms. The quantitative estimate of drug-likeness (QED) is 0.240. The van der Waals surface area contributed by atoms with Crippen molar-refractivity contribution < 1.29 is 14.6 Å². The van der Waals surface area contributed by atoms with Gasteiger partial charge in [0.1, 0.15) is 5.75 Å². The molecule has 0 saturated carbocycles. The van der Waals surface area contributed by atoms with E-state index < -0.39 is 5.60 Å². The average Bonchev–Trinajstić information content (AvgIpc) is 3.31. The number of aromatic nitrogens is 3. The van der Waals surface area contributed by atoms with E-state index in [-0.39, 0.29) is 12.5 Å². The Morgan fingerprint density at radius 3 is 2.74 bits per heavy atom. The fourth-order valence-electron chi connectivity index (χ4n) is 3.98. The summed E-state index contributed by atoms with van der Waals surface area (Å²) in [4.78, 5) is 22.9. The first-order valence-electron chi connectivity index (χ1n) is 11.1. The number of carbonyl (C=O) groups is 1. The van der Waals surface area contributed by atoms with E-state index in [0.29, 0.717) is 47.2 Å². The molecule has 1 aliphatic heterocycles. The molecule has 0 atom stereocenters. The highest BCUT2D eigenvalue weighted by atomic mass is 16.5. The third kappa shape index (κ3) is 4.64. The van der Waals surface area contributed by atoms with Crippen LogP contribution in [0, 0.1) is 5.41 Å². The molecular weight excluding hydrogens is 446 g/mol. The molecule has 1 saturated heterocycles. The van der Waals surface area contributed by atoms with Crippen LogP contribution in [0.1, 0.15) is 12.5 Å². The second-order valence-corrected chi connectivity index (χ2v) is 8.81. The van der Waals surface area contributed by atoms with Crippen molar-refractivity contribution in [3.05, 3.63) is 66.6 Å². The number of rotatable bonds is 7. The monoisotopic (exact) mass is 471 g/mol. The lowest BCUT2D eigenvalue weighted by molar-refractivity contribution is -0.154. The number of β-amino-alcohol motifs (C(OH)–C–C–N with tert-alkyl or cyclic N) is 1. The van der Waals surface area contributed by atoms with Gasteiger partial charge in [0.05, 0.1) is 24.4 Å². The molecule has 5 N–H and O–H groups in total. The van der Waals surface area contributed by atoms with Gasteiger partial charge in [-0.25, -0.2) is 9.97 Å². The molecule has 10 nitrogen and oxygen atoms in total. The molecule has 0 aliphatic carbocycles. The van der Waals surface area contributed by atoms with Crippen LogP contribution >= 0.6 is 0 Å². The third-order valence-corrected chi connectivity index (χ3v) is 5.81. The van der Waals surface area contributed by atoms with Gasteiger partial charge in [0.15, 0.2) is 18.1 Å². The number of fused-ring (bicyclic) bond motifs is 1. The number of amides is 1. The number of nitrogens with one attached hydrogen (secondary N) is 2. The predicted octanol–water partition coefficient (Wildman–Crippen LogP) is 2.69. The maximum absolute atomic E-state index is 12.1. The lowest BCUT2D eigenvalue weighted by Crippen LogP contribution is -2.62. The number of nitrogens with zero attached hydrogens (tertiary/aromatic N) is 4. The van der Waals surface area contributed by atoms with Gasteiger partial charge in [-0.2, -0.15) is 0 Å². The van der Waals surface area contributed by atoms with E-state index >= 15 is 0 Å². The Morgan fingerprint density at radius 2 is 2.06 bits per heavy atom. The van der Waals surface area contributed by atoms with E-state index in [9.17, 15) is 9.90 Å². The van der Waals surface area contributed by atoms with Crippen LogP contribution < -0.4 is 15.8 Å². The largest absolute Gasteiger partial charge is 0.484 e. The summed E-state index contributed by atoms with van der Waals surface area (Å²) in [7, 11) is 0. The number of hydrogen-bond acceptors (Lipinski definition) is 8. The number of nitrogens with two attached hydrogens (primary N) is 1. The Morgan fingerprint density at radius 1 is 1.29 bits per heavy atom. The summed E-state index contributed by atoms with van der Waals surface area (Å²) < 4.78 is 7.48. The van der Waals surface area contributed by atoms with Crippen molar-refractivity contribution >= 4 is 35.0 Å². The zero-order chi connectivity index (χ0) is 24.6. The fourth-order valence-corrected chi connectivity index (χ4v) is 3.98. The summed E-state index contributed by atoms with van der Waals surface area (Å²) in [5.74, 6) is 0.970. The molecule has 178 valence electrons. The number of ether oxygens (including phenoxy) is 1. The van der Waals surface area contributed by atoms with Crippen molar-refractivity contribution in [3.63, 3.8) is 0 Å². The molecule has 0 unspecified atom stereocenters. The zero-order valence-electron chi connectivity index (χ0n) is 19.1. The van der Waals surface area contributed by atoms with Crippen molar-refractivity contribution in [2.24, 2.45) is 0 Å². The van der Waals surface area contributed by atoms with Crippen molar-refractivity contribution in [3.8, 4) is 17.0 Å². The number of nitrogen functional groups attached to an aromatic ring is 1. The van der Waals surface area contributed by atoms with Crippen LogP contribution in [-0.4, -0.2) is 61.8 Å². The smallest absolute Gasteiger partial charge is 0.260 e. The molecule has 1 amide bonds. The number of carbonyl (C=O) groups excluding carboxylic acids is 1. The van der Waals surface area contributed by atoms with Crippen molar-refractivity contribution in [2.45, 2.75) is 12.5 Å². The average molecular weight is 472 g/mol. The molecule has 2 aromatic heterocycles. The Balaban J connectivity index is 1.31. The number of likely N-dealkylation sites (tertiary alicyclic amines) is 1. The number of imidazole rings is 1. The minimum atomic E-state index is -0.800. The number of anilines is 3. The molecule has 0 bridgehead atoms. The van der Waals surface area contributed by atoms with Crippen molar-refractivity contribution in [2.75, 3.05) is 30.7 Å². The Hall–Kier alpha value is -4.44. The maximum atomic E-state index is 12.1. The molecule has 2 aromatic carbocycles. The van der Waals surface area contributed by atoms with Gasteiger partial charge in [-0.05, 0) is 37.3 Å². The van der Waals surface area contributed by atoms with Crippen LogP contribution in [0.5, 0.6) is 5.75 Å². The minimum absolute atomic E-state index is 0.0823. The van der Waals surface area contributed by atoms with Crippen LogP contribution in [0.3, 0.4) is 0 Å². The first kappa shape index (κ1) is 22.4. The molecule has 10 heteroatoms. The molecule has 1 fully saturated rings. The van der Waals surface area contributed by atoms with Gasteiger partial charge in [-0.15, -0.1) is 0 Å². The molecule has 4 aromatic rings. The van der Waals surface area contributed by atoms with Gasteiger partial charge in [-0.1, -0.05) is 12.1 Å². The van der Waals surface area contributed by atoms with Crippen LogP contribution in [0.15, 0.2) is 61.1 Å². The highest BCUT2D eigenvalue weighted by Crippen LogP contribution is 2.27. The Bertz CT molecular complexity index is 1400. The fraction of sp³-hybridized carbons (Fsp3) is 0.200. The van der Waals surface area contributed by atoms with E-state index in [1.165, 1.54) is 6.21 Å². The molecular formula is C25H25N7O3. The highest BCUT2D eigenvalue weighted by Gasteiger charge is 2.39. The van der Waals surface area contributed by atoms with E-state index in [0.717, 1.165) is 11.3 Å². The van der Waals surface area contributed by atoms with Crippen LogP contribution in [0.2, 0.25) is 0 Å². The SMILES string of the molecule is CC1(O)CN(C(=O)COc2ccc(Nc3nc(-c4ccc(C=N)c(N)c4)cn4ccnc34)cc2)C1. The summed E-state index contributed by atoms with van der Waals surface area (Å²) in [6, 6.07) is 12.7. The molecule has 5 rings (SSSR count). The lowest BCUT2D eigenvalue weighted by atomic mass is 9.97. The summed E-state index contributed by atoms with van der Waals surface area (Å²) in [6.45, 7) is 2.27. The normalized spacial score (nSPS) is 14.4. The Kier molecular flexibility index (Phi) is 5.58. The van der Waals surface area contributed by atoms with Crippen LogP contribution in [0.4, 0.5) is 17.2 Å². The van der Waals surface area contributed by atoms with E-state index in [4.69, 9.17) is 20.9 Å². The maximum Gasteiger partial charge on any atom is 0.260 e. The highest BCUT2D eigenvalue weighted by molar-refractivity contribution is 5.87. The molecule has 1 aliphatic rings. The predicted molar refractivity (Wildman–Crippen MR) is 133 cm³/mol. The summed E-state index contributed by atoms with van der Waals surface area (Å²) in [6.07, 6.45) is 6.63. The summed E-state index contributed by atoms with van der Waals surface area (Å²) in [5.41, 5.74) is 9.37. The van der Waals surface area contributed by atoms with Crippen LogP contribution in [-0.2, 0) is 4.79 Å². The number of aliphatic hydroxyl groups is 1. The molecule has 3 heterocycles. The second kappa shape index (κ2) is 8.73. The van der Waals surface area contributed by atoms with Gasteiger partial charge in [-0.3, -0.25) is 4.79 Å². The Labute approximate surface area is 201 Å². The van der Waals surface area contributed by atoms with Crippen molar-refractivity contribution in [1.82, 2.24) is 19.3 Å². The van der Waals surface area contributed by atoms with E-state index in [1.807, 2.05) is 35.0 Å². The minimum Gasteiger partial charge on any atom is -0.484 e. The van der Waals surface area contributed by atoms with Gasteiger partial charge < -0.3 is 35.6 Å². The zero-order valence-corrected chi connectivity index (χ0v) is 19.1. The molecule has 35 heavy (non-hydrogen) atoms. The summed E-state index contributed by atoms with van der Waals surface area (Å²) in [5, 5.41) is 20.5. The van der Waals surface area contributed by atoms with Crippen LogP contribution in [0.25, 0.3) is 16.9 Å². The number of hydrogen-bond donors (Lipinski definition) is 4. The summed E-state index contributed by atoms with van der Waals surface area (Å²) >= 11 is 0. The van der Waals surface area contributed by atoms with Gasteiger partial charge in [0.25, 0.3) is 5.91 Å². The topological polar surface area (TPSA) is 142 Å². The molecule has 0 radical (unpaired) electrons. The van der Waals surface area contributed by atoms with Gasteiger partial charge >= 0.3 is 0 Å². The van der Waals surface area contributed by atoms with Gasteiger partial charge in [0, 0.05) is 47.3 Å². The first-order valence-corrected chi connectivity index (χ1v) is 11.1. The lowest BCUT2D eigenvalue weighted by Gasteiger charge is -2.43. The van der Waals surface area contributed by atoms with Crippen molar-refractivity contribution in [1.29, 1.82) is 5.41 Å². The van der Waals surface area contributed by atoms with Gasteiger partial charge in [0.2, 0.25) is 0 Å². The standard InChI is InChI=1S/C25H25N7O3/c1-25(34)14-32(15-25)22(33)13-35-19-6-4-18(5-7-19)29-23-24-28-8-9-31(24)12-21(30-23)16-2-3-17(11-26)20(27)10-16/h2-12,26,34H,13-15,27H2,1H3,(H,29,30).